The Morgan fingerprint density at radius 2 is 1.94 bits per heavy atom. The smallest absolute Gasteiger partial charge is 0.0638 e. The molecule has 17 heavy (non-hydrogen) atoms. The molecule has 0 amide bonds. The topological polar surface area (TPSA) is 44.0 Å². The second kappa shape index (κ2) is 5.65. The number of aromatic amines is 1. The van der Waals surface area contributed by atoms with Gasteiger partial charge in [-0.1, -0.05) is 13.8 Å². The molecule has 0 radical (unpaired) electrons. The number of nitrogens with one attached hydrogen (secondary N) is 2. The highest BCUT2D eigenvalue weighted by atomic mass is 15.1. The predicted molar refractivity (Wildman–Crippen MR) is 72.1 cm³/mol. The van der Waals surface area contributed by atoms with Crippen LogP contribution in [0, 0.1) is 19.3 Å². The Kier molecular flexibility index (Phi) is 4.71. The van der Waals surface area contributed by atoms with Crippen LogP contribution in [-0.4, -0.2) is 42.3 Å². The highest BCUT2D eigenvalue weighted by Gasteiger charge is 2.18. The first-order chi connectivity index (χ1) is 7.82. The number of H-pyrrole nitrogens is 1. The van der Waals surface area contributed by atoms with Gasteiger partial charge < -0.3 is 10.2 Å². The van der Waals surface area contributed by atoms with Crippen LogP contribution in [-0.2, 0) is 6.54 Å². The van der Waals surface area contributed by atoms with Crippen molar-refractivity contribution in [3.05, 3.63) is 17.0 Å². The van der Waals surface area contributed by atoms with E-state index >= 15 is 0 Å². The molecule has 0 atom stereocenters. The van der Waals surface area contributed by atoms with Crippen molar-refractivity contribution in [1.82, 2.24) is 20.4 Å². The molecule has 0 saturated carbocycles. The summed E-state index contributed by atoms with van der Waals surface area (Å²) in [4.78, 5) is 2.23. The molecule has 4 nitrogen and oxygen atoms in total. The summed E-state index contributed by atoms with van der Waals surface area (Å²) in [7, 11) is 4.23. The number of aryl methyl sites for hydroxylation is 2. The van der Waals surface area contributed by atoms with Crippen molar-refractivity contribution in [2.24, 2.45) is 5.41 Å². The summed E-state index contributed by atoms with van der Waals surface area (Å²) in [5.41, 5.74) is 3.85. The van der Waals surface area contributed by atoms with Crippen molar-refractivity contribution >= 4 is 0 Å². The SMILES string of the molecule is Cc1n[nH]c(C)c1CNCC(C)(C)CN(C)C. The van der Waals surface area contributed by atoms with E-state index in [1.165, 1.54) is 11.3 Å². The van der Waals surface area contributed by atoms with Gasteiger partial charge in [0.25, 0.3) is 0 Å². The second-order valence-corrected chi connectivity index (χ2v) is 5.92. The highest BCUT2D eigenvalue weighted by Crippen LogP contribution is 2.15. The largest absolute Gasteiger partial charge is 0.312 e. The number of hydrogen-bond donors (Lipinski definition) is 2. The van der Waals surface area contributed by atoms with Crippen molar-refractivity contribution in [1.29, 1.82) is 0 Å². The van der Waals surface area contributed by atoms with Gasteiger partial charge in [-0.15, -0.1) is 0 Å². The maximum atomic E-state index is 4.21. The predicted octanol–water partition coefficient (Wildman–Crippen LogP) is 1.70. The Bertz CT molecular complexity index is 333. The van der Waals surface area contributed by atoms with E-state index in [-0.39, 0.29) is 5.41 Å². The van der Waals surface area contributed by atoms with Gasteiger partial charge in [0.2, 0.25) is 0 Å². The summed E-state index contributed by atoms with van der Waals surface area (Å²) in [6.45, 7) is 11.7. The first kappa shape index (κ1) is 14.2. The van der Waals surface area contributed by atoms with Crippen LogP contribution in [0.25, 0.3) is 0 Å². The fraction of sp³-hybridized carbons (Fsp3) is 0.769. The van der Waals surface area contributed by atoms with E-state index < -0.39 is 0 Å². The summed E-state index contributed by atoms with van der Waals surface area (Å²) >= 11 is 0. The zero-order valence-corrected chi connectivity index (χ0v) is 12.0. The Hall–Kier alpha value is -0.870. The van der Waals surface area contributed by atoms with E-state index in [1.807, 2.05) is 6.92 Å². The lowest BCUT2D eigenvalue weighted by atomic mass is 9.93. The van der Waals surface area contributed by atoms with Crippen LogP contribution >= 0.6 is 0 Å². The van der Waals surface area contributed by atoms with Crippen LogP contribution < -0.4 is 5.32 Å². The molecule has 0 aromatic carbocycles. The molecule has 1 aromatic heterocycles. The number of hydrogen-bond acceptors (Lipinski definition) is 3. The summed E-state index contributed by atoms with van der Waals surface area (Å²) in [5.74, 6) is 0. The molecule has 4 heteroatoms. The standard InChI is InChI=1S/C13H26N4/c1-10-12(11(2)16-15-10)7-14-8-13(3,4)9-17(5)6/h14H,7-9H2,1-6H3,(H,15,16). The number of aromatic nitrogens is 2. The summed E-state index contributed by atoms with van der Waals surface area (Å²) in [6, 6.07) is 0. The van der Waals surface area contributed by atoms with E-state index in [0.29, 0.717) is 0 Å². The molecule has 98 valence electrons. The summed E-state index contributed by atoms with van der Waals surface area (Å²) in [5, 5.41) is 10.8. The lowest BCUT2D eigenvalue weighted by molar-refractivity contribution is 0.232. The second-order valence-electron chi connectivity index (χ2n) is 5.92. The summed E-state index contributed by atoms with van der Waals surface area (Å²) < 4.78 is 0. The first-order valence-corrected chi connectivity index (χ1v) is 6.18. The lowest BCUT2D eigenvalue weighted by Gasteiger charge is -2.28. The third-order valence-corrected chi connectivity index (χ3v) is 2.93. The molecule has 0 aliphatic heterocycles. The van der Waals surface area contributed by atoms with Crippen LogP contribution in [0.4, 0.5) is 0 Å². The van der Waals surface area contributed by atoms with E-state index in [9.17, 15) is 0 Å². The fourth-order valence-electron chi connectivity index (χ4n) is 2.27. The van der Waals surface area contributed by atoms with Crippen LogP contribution in [0.3, 0.4) is 0 Å². The fourth-order valence-corrected chi connectivity index (χ4v) is 2.27. The van der Waals surface area contributed by atoms with Gasteiger partial charge in [-0.3, -0.25) is 5.10 Å². The average Bonchev–Trinajstić information content (AvgIpc) is 2.46. The van der Waals surface area contributed by atoms with Gasteiger partial charge in [0.05, 0.1) is 5.69 Å². The van der Waals surface area contributed by atoms with Crippen molar-refractivity contribution in [2.75, 3.05) is 27.2 Å². The van der Waals surface area contributed by atoms with E-state index in [1.54, 1.807) is 0 Å². The molecule has 0 spiro atoms. The molecule has 0 bridgehead atoms. The van der Waals surface area contributed by atoms with E-state index in [2.05, 4.69) is 55.3 Å². The van der Waals surface area contributed by atoms with Gasteiger partial charge >= 0.3 is 0 Å². The number of rotatable bonds is 6. The zero-order valence-electron chi connectivity index (χ0n) is 12.0. The van der Waals surface area contributed by atoms with Gasteiger partial charge in [-0.25, -0.2) is 0 Å². The van der Waals surface area contributed by atoms with E-state index in [4.69, 9.17) is 0 Å². The van der Waals surface area contributed by atoms with Gasteiger partial charge in [0.15, 0.2) is 0 Å². The molecule has 0 fully saturated rings. The van der Waals surface area contributed by atoms with Crippen molar-refractivity contribution in [2.45, 2.75) is 34.2 Å². The molecule has 0 saturated heterocycles. The van der Waals surface area contributed by atoms with Crippen molar-refractivity contribution in [3.63, 3.8) is 0 Å². The van der Waals surface area contributed by atoms with Gasteiger partial charge in [-0.2, -0.15) is 5.10 Å². The minimum absolute atomic E-state index is 0.287. The van der Waals surface area contributed by atoms with Crippen LogP contribution in [0.15, 0.2) is 0 Å². The van der Waals surface area contributed by atoms with Crippen LogP contribution in [0.2, 0.25) is 0 Å². The first-order valence-electron chi connectivity index (χ1n) is 6.18. The Balaban J connectivity index is 2.42. The zero-order chi connectivity index (χ0) is 13.1. The lowest BCUT2D eigenvalue weighted by Crippen LogP contribution is -2.37. The van der Waals surface area contributed by atoms with Crippen LogP contribution in [0.5, 0.6) is 0 Å². The maximum Gasteiger partial charge on any atom is 0.0638 e. The maximum absolute atomic E-state index is 4.21. The highest BCUT2D eigenvalue weighted by molar-refractivity contribution is 5.22. The molecule has 0 aliphatic rings. The number of nitrogens with zero attached hydrogens (tertiary/aromatic N) is 2. The Morgan fingerprint density at radius 3 is 2.41 bits per heavy atom. The molecule has 2 N–H and O–H groups in total. The van der Waals surface area contributed by atoms with E-state index in [0.717, 1.165) is 25.3 Å². The van der Waals surface area contributed by atoms with Crippen molar-refractivity contribution in [3.8, 4) is 0 Å². The van der Waals surface area contributed by atoms with Gasteiger partial charge in [0.1, 0.15) is 0 Å². The summed E-state index contributed by atoms with van der Waals surface area (Å²) in [6.07, 6.45) is 0. The average molecular weight is 238 g/mol. The van der Waals surface area contributed by atoms with Gasteiger partial charge in [-0.05, 0) is 33.4 Å². The van der Waals surface area contributed by atoms with Gasteiger partial charge in [0, 0.05) is 30.9 Å². The molecule has 0 unspecified atom stereocenters. The minimum atomic E-state index is 0.287. The minimum Gasteiger partial charge on any atom is -0.312 e. The third kappa shape index (κ3) is 4.48. The van der Waals surface area contributed by atoms with Crippen LogP contribution in [0.1, 0.15) is 30.8 Å². The van der Waals surface area contributed by atoms with Crippen molar-refractivity contribution < 1.29 is 0 Å². The third-order valence-electron chi connectivity index (χ3n) is 2.93. The molecule has 0 aliphatic carbocycles. The molecule has 1 heterocycles. The monoisotopic (exact) mass is 238 g/mol. The molecular formula is C13H26N4. The molecule has 1 rings (SSSR count). The molecular weight excluding hydrogens is 212 g/mol. The quantitative estimate of drug-likeness (QED) is 0.793. The Morgan fingerprint density at radius 1 is 1.29 bits per heavy atom. The Labute approximate surface area is 105 Å². The molecule has 1 aromatic rings. The normalized spacial score (nSPS) is 12.4.